The fourth-order valence-corrected chi connectivity index (χ4v) is 4.68. The summed E-state index contributed by atoms with van der Waals surface area (Å²) < 4.78 is 56.8. The van der Waals surface area contributed by atoms with Gasteiger partial charge in [-0.3, -0.25) is 4.79 Å². The number of nitrogens with zero attached hydrogens (tertiary/aromatic N) is 2. The van der Waals surface area contributed by atoms with Crippen LogP contribution in [0.4, 0.5) is 8.78 Å². The average Bonchev–Trinajstić information content (AvgIpc) is 3.54. The molecule has 3 N–H and O–H groups in total. The van der Waals surface area contributed by atoms with Crippen molar-refractivity contribution < 1.29 is 42.4 Å². The van der Waals surface area contributed by atoms with Gasteiger partial charge in [0.25, 0.3) is 11.9 Å². The van der Waals surface area contributed by atoms with Gasteiger partial charge in [-0.25, -0.2) is 8.78 Å². The molecule has 0 spiro atoms. The Morgan fingerprint density at radius 3 is 2.63 bits per heavy atom. The molecule has 11 nitrogen and oxygen atoms in total. The van der Waals surface area contributed by atoms with Crippen LogP contribution in [-0.2, 0) is 20.8 Å². The van der Waals surface area contributed by atoms with Crippen molar-refractivity contribution in [2.75, 3.05) is 33.0 Å². The summed E-state index contributed by atoms with van der Waals surface area (Å²) in [5, 5.41) is 12.6. The van der Waals surface area contributed by atoms with Gasteiger partial charge in [-0.05, 0) is 18.2 Å². The molecule has 3 aliphatic heterocycles. The number of imidazole rings is 1. The molecule has 2 unspecified atom stereocenters. The van der Waals surface area contributed by atoms with E-state index in [4.69, 9.17) is 35.3 Å². The highest BCUT2D eigenvalue weighted by atomic mass is 35.5. The Bertz CT molecular complexity index is 1350. The van der Waals surface area contributed by atoms with E-state index < -0.39 is 48.6 Å². The molecular weight excluding hydrogens is 530 g/mol. The van der Waals surface area contributed by atoms with Crippen molar-refractivity contribution in [3.63, 3.8) is 0 Å². The van der Waals surface area contributed by atoms with Crippen molar-refractivity contribution in [1.29, 1.82) is 0 Å². The fraction of sp³-hybridized carbons (Fsp3) is 0.458. The molecule has 3 saturated heterocycles. The third-order valence-corrected chi connectivity index (χ3v) is 6.90. The highest BCUT2D eigenvalue weighted by Crippen LogP contribution is 2.31. The number of carbonyl (C=O) groups is 1. The van der Waals surface area contributed by atoms with Gasteiger partial charge in [0.1, 0.15) is 41.6 Å². The molecule has 38 heavy (non-hydrogen) atoms. The lowest BCUT2D eigenvalue weighted by Gasteiger charge is -2.25. The predicted octanol–water partition coefficient (Wildman–Crippen LogP) is 1.75. The Morgan fingerprint density at radius 1 is 1.13 bits per heavy atom. The van der Waals surface area contributed by atoms with Crippen LogP contribution in [0.25, 0.3) is 11.2 Å². The molecule has 3 fully saturated rings. The molecule has 0 aliphatic carbocycles. The second-order valence-electron chi connectivity index (χ2n) is 9.33. The van der Waals surface area contributed by atoms with Crippen LogP contribution in [0.3, 0.4) is 0 Å². The largest absolute Gasteiger partial charge is 0.471 e. The molecule has 1 amide bonds. The number of hydrogen-bond donors (Lipinski definition) is 3. The van der Waals surface area contributed by atoms with Crippen LogP contribution in [0.5, 0.6) is 11.9 Å². The molecule has 3 aliphatic rings. The average molecular weight is 553 g/mol. The number of H-pyrrole nitrogens is 1. The Labute approximate surface area is 219 Å². The maximum absolute atomic E-state index is 14.7. The lowest BCUT2D eigenvalue weighted by Crippen LogP contribution is -2.39. The van der Waals surface area contributed by atoms with E-state index in [1.54, 1.807) is 0 Å². The van der Waals surface area contributed by atoms with Gasteiger partial charge < -0.3 is 39.1 Å². The first-order valence-corrected chi connectivity index (χ1v) is 12.3. The molecule has 5 heterocycles. The molecule has 14 heteroatoms. The SMILES string of the molecule is O=C(NCC1COC1)c1cc(F)c(COc2nc3nc(O[C@@H]4COC5C4OC[C@H]5O)[nH]c3cc2Cl)c(F)c1. The smallest absolute Gasteiger partial charge is 0.296 e. The number of pyridine rings is 1. The second-order valence-corrected chi connectivity index (χ2v) is 9.74. The molecular formula is C24H23ClF2N4O7. The molecule has 6 rings (SSSR count). The number of carbonyl (C=O) groups excluding carboxylic acids is 1. The maximum atomic E-state index is 14.7. The lowest BCUT2D eigenvalue weighted by molar-refractivity contribution is -0.0298. The van der Waals surface area contributed by atoms with E-state index >= 15 is 0 Å². The van der Waals surface area contributed by atoms with Gasteiger partial charge in [0.05, 0.1) is 37.5 Å². The van der Waals surface area contributed by atoms with E-state index in [1.165, 1.54) is 6.07 Å². The van der Waals surface area contributed by atoms with Crippen molar-refractivity contribution in [3.8, 4) is 11.9 Å². The number of aliphatic hydroxyl groups excluding tert-OH is 1. The lowest BCUT2D eigenvalue weighted by atomic mass is 10.1. The van der Waals surface area contributed by atoms with Crippen molar-refractivity contribution in [2.45, 2.75) is 31.0 Å². The molecule has 0 bridgehead atoms. The number of benzene rings is 1. The first-order chi connectivity index (χ1) is 18.4. The normalized spacial score (nSPS) is 24.8. The minimum atomic E-state index is -0.939. The van der Waals surface area contributed by atoms with E-state index in [-0.39, 0.29) is 52.8 Å². The van der Waals surface area contributed by atoms with Crippen LogP contribution in [0.2, 0.25) is 5.02 Å². The summed E-state index contributed by atoms with van der Waals surface area (Å²) in [6, 6.07) is 3.54. The number of nitrogens with one attached hydrogen (secondary N) is 2. The summed E-state index contributed by atoms with van der Waals surface area (Å²) in [6.45, 7) is 1.33. The summed E-state index contributed by atoms with van der Waals surface area (Å²) in [5.41, 5.74) is 0.128. The van der Waals surface area contributed by atoms with Crippen molar-refractivity contribution in [3.05, 3.63) is 46.0 Å². The van der Waals surface area contributed by atoms with Gasteiger partial charge in [-0.1, -0.05) is 11.6 Å². The third-order valence-electron chi connectivity index (χ3n) is 6.63. The van der Waals surface area contributed by atoms with Gasteiger partial charge in [-0.15, -0.1) is 0 Å². The molecule has 202 valence electrons. The number of fused-ring (bicyclic) bond motifs is 2. The predicted molar refractivity (Wildman–Crippen MR) is 126 cm³/mol. The van der Waals surface area contributed by atoms with Crippen LogP contribution in [0.15, 0.2) is 18.2 Å². The first-order valence-electron chi connectivity index (χ1n) is 12.0. The Kier molecular flexibility index (Phi) is 6.78. The Morgan fingerprint density at radius 2 is 1.89 bits per heavy atom. The van der Waals surface area contributed by atoms with Crippen LogP contribution in [-0.4, -0.2) is 83.4 Å². The standard InChI is InChI=1S/C24H23ClF2N4O7/c25-13-3-16-21(31-24(29-16)38-18-9-36-19-17(32)8-35-20(18)19)30-23(13)37-7-12-14(26)1-11(2-15(12)27)22(33)28-4-10-5-34-6-10/h1-3,10,17-20,32H,4-9H2,(H,28,33)(H,29,30,31)/t17-,18-,19?,20?/m1/s1. The summed E-state index contributed by atoms with van der Waals surface area (Å²) in [4.78, 5) is 23.7. The van der Waals surface area contributed by atoms with E-state index in [0.717, 1.165) is 12.1 Å². The highest BCUT2D eigenvalue weighted by Gasteiger charge is 2.48. The molecule has 3 aromatic rings. The number of aromatic nitrogens is 3. The maximum Gasteiger partial charge on any atom is 0.296 e. The number of hydrogen-bond acceptors (Lipinski definition) is 9. The summed E-state index contributed by atoms with van der Waals surface area (Å²) in [7, 11) is 0. The monoisotopic (exact) mass is 552 g/mol. The van der Waals surface area contributed by atoms with Crippen molar-refractivity contribution in [2.24, 2.45) is 5.92 Å². The third kappa shape index (κ3) is 4.87. The van der Waals surface area contributed by atoms with E-state index in [1.807, 2.05) is 0 Å². The summed E-state index contributed by atoms with van der Waals surface area (Å²) in [5.74, 6) is -2.35. The number of ether oxygens (including phenoxy) is 5. The Balaban J connectivity index is 1.12. The van der Waals surface area contributed by atoms with Gasteiger partial charge in [-0.2, -0.15) is 9.97 Å². The zero-order chi connectivity index (χ0) is 26.4. The molecule has 1 aromatic carbocycles. The first kappa shape index (κ1) is 25.2. The summed E-state index contributed by atoms with van der Waals surface area (Å²) >= 11 is 6.27. The fourth-order valence-electron chi connectivity index (χ4n) is 4.48. The van der Waals surface area contributed by atoms with E-state index in [0.29, 0.717) is 25.3 Å². The number of aliphatic hydroxyl groups is 1. The van der Waals surface area contributed by atoms with Gasteiger partial charge in [0.15, 0.2) is 11.8 Å². The van der Waals surface area contributed by atoms with Gasteiger partial charge >= 0.3 is 0 Å². The van der Waals surface area contributed by atoms with E-state index in [9.17, 15) is 18.7 Å². The molecule has 4 atom stereocenters. The molecule has 0 radical (unpaired) electrons. The topological polar surface area (TPSA) is 137 Å². The minimum Gasteiger partial charge on any atom is -0.471 e. The van der Waals surface area contributed by atoms with E-state index in [2.05, 4.69) is 20.3 Å². The van der Waals surface area contributed by atoms with Crippen LogP contribution >= 0.6 is 11.6 Å². The number of rotatable bonds is 8. The van der Waals surface area contributed by atoms with Crippen LogP contribution in [0.1, 0.15) is 15.9 Å². The zero-order valence-electron chi connectivity index (χ0n) is 19.8. The highest BCUT2D eigenvalue weighted by molar-refractivity contribution is 6.32. The molecule has 2 aromatic heterocycles. The van der Waals surface area contributed by atoms with Gasteiger partial charge in [0.2, 0.25) is 5.88 Å². The Hall–Kier alpha value is -3.10. The number of aromatic amines is 1. The minimum absolute atomic E-state index is 0.0796. The van der Waals surface area contributed by atoms with Crippen LogP contribution < -0.4 is 14.8 Å². The number of halogens is 3. The summed E-state index contributed by atoms with van der Waals surface area (Å²) in [6.07, 6.45) is -2.07. The number of amides is 1. The van der Waals surface area contributed by atoms with Crippen LogP contribution in [0, 0.1) is 17.6 Å². The van der Waals surface area contributed by atoms with Crippen molar-refractivity contribution >= 4 is 28.7 Å². The second kappa shape index (κ2) is 10.2. The van der Waals surface area contributed by atoms with Gasteiger partial charge in [0, 0.05) is 18.0 Å². The quantitative estimate of drug-likeness (QED) is 0.382. The van der Waals surface area contributed by atoms with Crippen molar-refractivity contribution in [1.82, 2.24) is 20.3 Å². The zero-order valence-corrected chi connectivity index (χ0v) is 20.5. The molecule has 0 saturated carbocycles.